The number of nitrogens with one attached hydrogen (secondary N) is 1. The van der Waals surface area contributed by atoms with Crippen LogP contribution in [-0.2, 0) is 0 Å². The predicted molar refractivity (Wildman–Crippen MR) is 44.5 cm³/mol. The number of rotatable bonds is 2. The summed E-state index contributed by atoms with van der Waals surface area (Å²) in [7, 11) is 0. The molecule has 0 unspecified atom stereocenters. The highest BCUT2D eigenvalue weighted by Crippen LogP contribution is 2.33. The lowest BCUT2D eigenvalue weighted by molar-refractivity contribution is 0.217. The second-order valence-electron chi connectivity index (χ2n) is 4.39. The van der Waals surface area contributed by atoms with Crippen LogP contribution in [0.15, 0.2) is 0 Å². The van der Waals surface area contributed by atoms with Crippen molar-refractivity contribution in [1.82, 2.24) is 10.2 Å². The Morgan fingerprint density at radius 2 is 2.27 bits per heavy atom. The predicted octanol–water partition coefficient (Wildman–Crippen LogP) is 0.442. The van der Waals surface area contributed by atoms with Gasteiger partial charge in [-0.05, 0) is 25.2 Å². The van der Waals surface area contributed by atoms with Gasteiger partial charge < -0.3 is 5.32 Å². The van der Waals surface area contributed by atoms with Crippen molar-refractivity contribution < 1.29 is 0 Å². The van der Waals surface area contributed by atoms with Gasteiger partial charge in [-0.3, -0.25) is 4.90 Å². The molecule has 11 heavy (non-hydrogen) atoms. The smallest absolute Gasteiger partial charge is 0.0236 e. The molecule has 3 aliphatic rings. The van der Waals surface area contributed by atoms with Crippen molar-refractivity contribution in [3.63, 3.8) is 0 Å². The average Bonchev–Trinajstić information content (AvgIpc) is 2.61. The molecule has 2 atom stereocenters. The van der Waals surface area contributed by atoms with Crippen molar-refractivity contribution in [2.24, 2.45) is 5.92 Å². The van der Waals surface area contributed by atoms with Crippen LogP contribution in [0.2, 0.25) is 0 Å². The number of hydrogen-bond acceptors (Lipinski definition) is 2. The van der Waals surface area contributed by atoms with Crippen LogP contribution < -0.4 is 5.32 Å². The highest BCUT2D eigenvalue weighted by molar-refractivity contribution is 4.98. The normalized spacial score (nSPS) is 43.6. The third-order valence-electron chi connectivity index (χ3n) is 3.36. The summed E-state index contributed by atoms with van der Waals surface area (Å²) >= 11 is 0. The largest absolute Gasteiger partial charge is 0.311 e. The molecule has 1 aliphatic carbocycles. The van der Waals surface area contributed by atoms with Gasteiger partial charge in [0.1, 0.15) is 0 Å². The number of nitrogens with zero attached hydrogens (tertiary/aromatic N) is 1. The SMILES string of the molecule is C1CC1CN1C[C@H]2C[C@@H]1CN2. The van der Waals surface area contributed by atoms with E-state index in [-0.39, 0.29) is 0 Å². The Morgan fingerprint density at radius 3 is 2.82 bits per heavy atom. The first-order valence-corrected chi connectivity index (χ1v) is 4.89. The fraction of sp³-hybridized carbons (Fsp3) is 1.00. The molecule has 0 spiro atoms. The van der Waals surface area contributed by atoms with Gasteiger partial charge in [0.25, 0.3) is 0 Å². The van der Waals surface area contributed by atoms with Crippen LogP contribution in [0.4, 0.5) is 0 Å². The molecule has 0 radical (unpaired) electrons. The van der Waals surface area contributed by atoms with Gasteiger partial charge in [-0.15, -0.1) is 0 Å². The molecule has 0 aromatic carbocycles. The molecule has 2 bridgehead atoms. The minimum atomic E-state index is 0.846. The Hall–Kier alpha value is -0.0800. The fourth-order valence-corrected chi connectivity index (χ4v) is 2.50. The van der Waals surface area contributed by atoms with Crippen molar-refractivity contribution >= 4 is 0 Å². The summed E-state index contributed by atoms with van der Waals surface area (Å²) in [6, 6.07) is 1.75. The van der Waals surface area contributed by atoms with Crippen LogP contribution in [0.25, 0.3) is 0 Å². The molecular formula is C9H16N2. The third-order valence-corrected chi connectivity index (χ3v) is 3.36. The first-order valence-electron chi connectivity index (χ1n) is 4.89. The van der Waals surface area contributed by atoms with E-state index in [1.807, 2.05) is 0 Å². The van der Waals surface area contributed by atoms with Crippen molar-refractivity contribution in [1.29, 1.82) is 0 Å². The Kier molecular flexibility index (Phi) is 1.29. The minimum Gasteiger partial charge on any atom is -0.311 e. The Morgan fingerprint density at radius 1 is 1.36 bits per heavy atom. The van der Waals surface area contributed by atoms with Gasteiger partial charge in [0, 0.05) is 31.7 Å². The van der Waals surface area contributed by atoms with Gasteiger partial charge in [-0.2, -0.15) is 0 Å². The average molecular weight is 152 g/mol. The second kappa shape index (κ2) is 2.20. The zero-order valence-electron chi connectivity index (χ0n) is 6.92. The maximum atomic E-state index is 3.54. The highest BCUT2D eigenvalue weighted by atomic mass is 15.3. The molecule has 3 rings (SSSR count). The van der Waals surface area contributed by atoms with E-state index in [1.165, 1.54) is 38.9 Å². The van der Waals surface area contributed by atoms with Crippen molar-refractivity contribution in [2.45, 2.75) is 31.3 Å². The lowest BCUT2D eigenvalue weighted by Gasteiger charge is -2.26. The lowest BCUT2D eigenvalue weighted by Crippen LogP contribution is -2.44. The number of likely N-dealkylation sites (tertiary alicyclic amines) is 1. The molecule has 1 saturated carbocycles. The molecule has 2 aliphatic heterocycles. The zero-order chi connectivity index (χ0) is 7.26. The quantitative estimate of drug-likeness (QED) is 0.618. The molecule has 2 heteroatoms. The minimum absolute atomic E-state index is 0.846. The van der Waals surface area contributed by atoms with Crippen LogP contribution >= 0.6 is 0 Å². The van der Waals surface area contributed by atoms with E-state index < -0.39 is 0 Å². The van der Waals surface area contributed by atoms with E-state index in [4.69, 9.17) is 0 Å². The van der Waals surface area contributed by atoms with Crippen LogP contribution in [0.3, 0.4) is 0 Å². The Balaban J connectivity index is 1.62. The van der Waals surface area contributed by atoms with E-state index in [0.717, 1.165) is 18.0 Å². The van der Waals surface area contributed by atoms with Crippen LogP contribution in [0.5, 0.6) is 0 Å². The van der Waals surface area contributed by atoms with E-state index in [0.29, 0.717) is 0 Å². The number of fused-ring (bicyclic) bond motifs is 2. The van der Waals surface area contributed by atoms with E-state index >= 15 is 0 Å². The van der Waals surface area contributed by atoms with Gasteiger partial charge in [-0.1, -0.05) is 0 Å². The summed E-state index contributed by atoms with van der Waals surface area (Å²) < 4.78 is 0. The van der Waals surface area contributed by atoms with Crippen LogP contribution in [0, 0.1) is 5.92 Å². The fourth-order valence-electron chi connectivity index (χ4n) is 2.50. The molecule has 0 aromatic rings. The summed E-state index contributed by atoms with van der Waals surface area (Å²) in [4.78, 5) is 2.71. The Labute approximate surface area is 68.0 Å². The van der Waals surface area contributed by atoms with Gasteiger partial charge in [0.05, 0.1) is 0 Å². The summed E-state index contributed by atoms with van der Waals surface area (Å²) in [5, 5.41) is 3.54. The number of hydrogen-bond donors (Lipinski definition) is 1. The van der Waals surface area contributed by atoms with Gasteiger partial charge in [-0.25, -0.2) is 0 Å². The molecular weight excluding hydrogens is 136 g/mol. The standard InChI is InChI=1S/C9H16N2/c1-2-7(1)5-11-6-8-3-9(11)4-10-8/h7-10H,1-6H2/t8-,9-/m1/s1. The molecule has 62 valence electrons. The first-order chi connectivity index (χ1) is 5.42. The number of piperazine rings is 1. The highest BCUT2D eigenvalue weighted by Gasteiger charge is 2.39. The van der Waals surface area contributed by atoms with E-state index in [2.05, 4.69) is 10.2 Å². The molecule has 0 aromatic heterocycles. The van der Waals surface area contributed by atoms with Crippen molar-refractivity contribution in [3.8, 4) is 0 Å². The molecule has 2 saturated heterocycles. The van der Waals surface area contributed by atoms with Gasteiger partial charge in [0.2, 0.25) is 0 Å². The Bertz CT molecular complexity index is 165. The van der Waals surface area contributed by atoms with Crippen LogP contribution in [0.1, 0.15) is 19.3 Å². The van der Waals surface area contributed by atoms with E-state index in [9.17, 15) is 0 Å². The zero-order valence-corrected chi connectivity index (χ0v) is 6.92. The maximum absolute atomic E-state index is 3.54. The molecule has 0 amide bonds. The topological polar surface area (TPSA) is 15.3 Å². The van der Waals surface area contributed by atoms with Gasteiger partial charge in [0.15, 0.2) is 0 Å². The summed E-state index contributed by atoms with van der Waals surface area (Å²) in [6.07, 6.45) is 4.43. The molecule has 2 heterocycles. The third kappa shape index (κ3) is 1.09. The second-order valence-corrected chi connectivity index (χ2v) is 4.39. The monoisotopic (exact) mass is 152 g/mol. The molecule has 2 nitrogen and oxygen atoms in total. The lowest BCUT2D eigenvalue weighted by atomic mass is 10.2. The van der Waals surface area contributed by atoms with Crippen molar-refractivity contribution in [2.75, 3.05) is 19.6 Å². The maximum Gasteiger partial charge on any atom is 0.0236 e. The van der Waals surface area contributed by atoms with E-state index in [1.54, 1.807) is 0 Å². The summed E-state index contributed by atoms with van der Waals surface area (Å²) in [6.45, 7) is 4.00. The summed E-state index contributed by atoms with van der Waals surface area (Å²) in [5.41, 5.74) is 0. The van der Waals surface area contributed by atoms with Crippen LogP contribution in [-0.4, -0.2) is 36.6 Å². The molecule has 1 N–H and O–H groups in total. The van der Waals surface area contributed by atoms with Gasteiger partial charge >= 0.3 is 0 Å². The first kappa shape index (κ1) is 6.44. The van der Waals surface area contributed by atoms with Crippen molar-refractivity contribution in [3.05, 3.63) is 0 Å². The summed E-state index contributed by atoms with van der Waals surface area (Å²) in [5.74, 6) is 1.08. The molecule has 3 fully saturated rings.